The van der Waals surface area contributed by atoms with Crippen LogP contribution in [-0.2, 0) is 23.4 Å². The largest absolute Gasteiger partial charge is 0.476 e. The molecule has 0 bridgehead atoms. The van der Waals surface area contributed by atoms with Gasteiger partial charge in [0.25, 0.3) is 0 Å². The first-order chi connectivity index (χ1) is 23.0. The molecule has 3 heterocycles. The molecule has 4 aromatic rings. The molecule has 1 aliphatic heterocycles. The van der Waals surface area contributed by atoms with Gasteiger partial charge in [0.1, 0.15) is 29.6 Å². The fraction of sp³-hybridized carbons (Fsp3) is 0.500. The minimum absolute atomic E-state index is 0.115. The second-order valence-corrected chi connectivity index (χ2v) is 13.9. The van der Waals surface area contributed by atoms with Gasteiger partial charge in [-0.3, -0.25) is 13.9 Å². The van der Waals surface area contributed by atoms with Crippen molar-refractivity contribution in [2.45, 2.75) is 89.1 Å². The van der Waals surface area contributed by atoms with Crippen molar-refractivity contribution < 1.29 is 42.1 Å². The van der Waals surface area contributed by atoms with Gasteiger partial charge < -0.3 is 29.6 Å². The molecule has 0 radical (unpaired) electrons. The lowest BCUT2D eigenvalue weighted by molar-refractivity contribution is -0.152. The Labute approximate surface area is 276 Å². The van der Waals surface area contributed by atoms with Crippen molar-refractivity contribution in [2.75, 3.05) is 18.9 Å². The average Bonchev–Trinajstić information content (AvgIpc) is 3.57. The summed E-state index contributed by atoms with van der Waals surface area (Å²) < 4.78 is 60.7. The van der Waals surface area contributed by atoms with Crippen LogP contribution >= 0.6 is 7.75 Å². The number of imidazole rings is 1. The Kier molecular flexibility index (Phi) is 9.86. The zero-order chi connectivity index (χ0) is 34.1. The van der Waals surface area contributed by atoms with Gasteiger partial charge in [0.2, 0.25) is 11.8 Å². The van der Waals surface area contributed by atoms with Crippen LogP contribution in [0.2, 0.25) is 0 Å². The number of esters is 1. The number of nitrogen functional groups attached to an aromatic ring is 1. The molecule has 6 atom stereocenters. The van der Waals surface area contributed by atoms with E-state index >= 15 is 4.39 Å². The predicted octanol–water partition coefficient (Wildman–Crippen LogP) is 5.00. The summed E-state index contributed by atoms with van der Waals surface area (Å²) in [5, 5.41) is 15.5. The maximum atomic E-state index is 16.0. The van der Waals surface area contributed by atoms with E-state index in [9.17, 15) is 14.5 Å². The van der Waals surface area contributed by atoms with Crippen LogP contribution < -0.4 is 20.1 Å². The van der Waals surface area contributed by atoms with Gasteiger partial charge >= 0.3 is 13.7 Å². The van der Waals surface area contributed by atoms with Crippen molar-refractivity contribution in [1.29, 1.82) is 0 Å². The second kappa shape index (κ2) is 13.9. The molecule has 1 saturated heterocycles. The molecule has 0 amide bonds. The van der Waals surface area contributed by atoms with Crippen molar-refractivity contribution in [3.05, 3.63) is 48.8 Å². The summed E-state index contributed by atoms with van der Waals surface area (Å²) in [7, 11) is -4.42. The minimum atomic E-state index is -4.42. The first-order valence-electron chi connectivity index (χ1n) is 16.0. The predicted molar refractivity (Wildman–Crippen MR) is 174 cm³/mol. The minimum Gasteiger partial charge on any atom is -0.476 e. The van der Waals surface area contributed by atoms with Crippen molar-refractivity contribution in [1.82, 2.24) is 24.6 Å². The zero-order valence-electron chi connectivity index (χ0n) is 27.0. The number of alkyl halides is 1. The summed E-state index contributed by atoms with van der Waals surface area (Å²) in [4.78, 5) is 25.6. The Bertz CT molecular complexity index is 1810. The van der Waals surface area contributed by atoms with E-state index < -0.39 is 50.5 Å². The number of fused-ring (bicyclic) bond motifs is 2. The highest BCUT2D eigenvalue weighted by atomic mass is 31.2. The van der Waals surface area contributed by atoms with Gasteiger partial charge in [-0.25, -0.2) is 13.9 Å². The van der Waals surface area contributed by atoms with Crippen LogP contribution in [0, 0.1) is 0 Å². The number of aromatic nitrogens is 4. The molecule has 16 heteroatoms. The third kappa shape index (κ3) is 6.96. The van der Waals surface area contributed by atoms with Crippen LogP contribution in [0.5, 0.6) is 11.6 Å². The van der Waals surface area contributed by atoms with E-state index in [1.165, 1.54) is 24.7 Å². The molecule has 2 aromatic heterocycles. The highest BCUT2D eigenvalue weighted by Crippen LogP contribution is 2.49. The van der Waals surface area contributed by atoms with E-state index in [-0.39, 0.29) is 41.5 Å². The fourth-order valence-corrected chi connectivity index (χ4v) is 7.60. The van der Waals surface area contributed by atoms with Crippen LogP contribution in [0.15, 0.2) is 48.8 Å². The van der Waals surface area contributed by atoms with E-state index in [4.69, 9.17) is 29.0 Å². The Hall–Kier alpha value is -3.88. The first-order valence-corrected chi connectivity index (χ1v) is 17.6. The molecule has 14 nitrogen and oxygen atoms in total. The molecule has 2 aliphatic rings. The lowest BCUT2D eigenvalue weighted by atomic mass is 9.98. The van der Waals surface area contributed by atoms with Crippen LogP contribution in [0.4, 0.5) is 10.3 Å². The number of carbonyl (C=O) groups excluding carboxylic acids is 1. The number of anilines is 1. The normalized spacial score (nSPS) is 25.1. The number of nitrogens with two attached hydrogens (primary N) is 1. The van der Waals surface area contributed by atoms with Gasteiger partial charge in [0, 0.05) is 5.39 Å². The number of benzene rings is 2. The van der Waals surface area contributed by atoms with Crippen molar-refractivity contribution >= 4 is 41.6 Å². The molecular formula is C32H40FN6O8P. The smallest absolute Gasteiger partial charge is 0.459 e. The lowest BCUT2D eigenvalue weighted by Crippen LogP contribution is -2.42. The monoisotopic (exact) mass is 686 g/mol. The lowest BCUT2D eigenvalue weighted by Gasteiger charge is -2.27. The fourth-order valence-electron chi connectivity index (χ4n) is 6.08. The van der Waals surface area contributed by atoms with E-state index in [1.807, 2.05) is 18.2 Å². The number of aliphatic hydroxyl groups is 1. The number of nitrogens with zero attached hydrogens (tertiary/aromatic N) is 4. The maximum Gasteiger partial charge on any atom is 0.459 e. The summed E-state index contributed by atoms with van der Waals surface area (Å²) in [5.74, 6) is -0.383. The Morgan fingerprint density at radius 1 is 1.21 bits per heavy atom. The third-order valence-corrected chi connectivity index (χ3v) is 10.2. The van der Waals surface area contributed by atoms with Gasteiger partial charge in [-0.1, -0.05) is 42.8 Å². The number of halogens is 1. The third-order valence-electron chi connectivity index (χ3n) is 8.55. The molecule has 258 valence electrons. The molecule has 2 fully saturated rings. The van der Waals surface area contributed by atoms with E-state index in [0.717, 1.165) is 37.5 Å². The van der Waals surface area contributed by atoms with E-state index in [0.29, 0.717) is 5.39 Å². The van der Waals surface area contributed by atoms with Gasteiger partial charge in [0.15, 0.2) is 23.6 Å². The summed E-state index contributed by atoms with van der Waals surface area (Å²) in [6.45, 7) is 4.18. The molecule has 3 unspecified atom stereocenters. The highest BCUT2D eigenvalue weighted by molar-refractivity contribution is 7.52. The number of hydrogen-bond acceptors (Lipinski definition) is 12. The van der Waals surface area contributed by atoms with Crippen LogP contribution in [0.25, 0.3) is 21.9 Å². The Balaban J connectivity index is 1.24. The van der Waals surface area contributed by atoms with Gasteiger partial charge in [-0.05, 0) is 57.9 Å². The molecule has 0 spiro atoms. The second-order valence-electron chi connectivity index (χ2n) is 12.2. The average molecular weight is 687 g/mol. The molecule has 1 saturated carbocycles. The van der Waals surface area contributed by atoms with Crippen molar-refractivity contribution in [3.8, 4) is 11.6 Å². The van der Waals surface area contributed by atoms with E-state index in [2.05, 4.69) is 20.0 Å². The summed E-state index contributed by atoms with van der Waals surface area (Å²) in [6.07, 6.45) is 0.826. The standard InChI is InChI=1S/C32H40FN6O8P/c1-4-43-28-25-27(36-31(34)37-28)39(18-35-25)30-32(3,41)26(33)24(46-30)17-44-48(42,38-19(2)29(40)45-21-13-6-5-7-14-21)47-23-16-10-12-20-11-8-9-15-22(20)23/h8-12,15-16,18-19,21,24,26,30,41H,4-7,13-14,17H2,1-3H3,(H,38,42)(H2,34,36,37)/t19?,24-,26-,30?,32-,48?/m1/s1. The van der Waals surface area contributed by atoms with Crippen molar-refractivity contribution in [2.24, 2.45) is 0 Å². The number of rotatable bonds is 12. The SMILES string of the molecule is CCOc1nc(N)nc2c1ncn2C1O[C@H](COP(=O)(NC(C)C(=O)OC2CCCCC2)Oc2cccc3ccccc23)[C@@H](F)[C@@]1(C)O. The van der Waals surface area contributed by atoms with Crippen LogP contribution in [0.1, 0.15) is 59.1 Å². The Morgan fingerprint density at radius 2 is 1.96 bits per heavy atom. The van der Waals surface area contributed by atoms with Gasteiger partial charge in [-0.15, -0.1) is 0 Å². The molecule has 48 heavy (non-hydrogen) atoms. The number of nitrogens with one attached hydrogen (secondary N) is 1. The van der Waals surface area contributed by atoms with E-state index in [1.54, 1.807) is 31.2 Å². The quantitative estimate of drug-likeness (QED) is 0.134. The molecule has 1 aliphatic carbocycles. The van der Waals surface area contributed by atoms with Gasteiger partial charge in [-0.2, -0.15) is 15.1 Å². The highest BCUT2D eigenvalue weighted by Gasteiger charge is 2.55. The molecule has 4 N–H and O–H groups in total. The topological polar surface area (TPSA) is 182 Å². The Morgan fingerprint density at radius 3 is 2.73 bits per heavy atom. The molecular weight excluding hydrogens is 646 g/mol. The summed E-state index contributed by atoms with van der Waals surface area (Å²) >= 11 is 0. The number of hydrogen-bond donors (Lipinski definition) is 3. The maximum absolute atomic E-state index is 16.0. The molecule has 6 rings (SSSR count). The number of carbonyl (C=O) groups is 1. The summed E-state index contributed by atoms with van der Waals surface area (Å²) in [5.41, 5.74) is 4.17. The van der Waals surface area contributed by atoms with Crippen LogP contribution in [0.3, 0.4) is 0 Å². The zero-order valence-corrected chi connectivity index (χ0v) is 27.8. The summed E-state index contributed by atoms with van der Waals surface area (Å²) in [6, 6.07) is 11.4. The first kappa shape index (κ1) is 34.0. The van der Waals surface area contributed by atoms with Gasteiger partial charge in [0.05, 0.1) is 19.5 Å². The van der Waals surface area contributed by atoms with Crippen molar-refractivity contribution in [3.63, 3.8) is 0 Å². The molecule has 2 aromatic carbocycles. The number of ether oxygens (including phenoxy) is 3. The van der Waals surface area contributed by atoms with Crippen LogP contribution in [-0.4, -0.2) is 73.8 Å².